The molecule has 1 atom stereocenters. The maximum absolute atomic E-state index is 14.2. The van der Waals surface area contributed by atoms with Gasteiger partial charge in [0.25, 0.3) is 0 Å². The van der Waals surface area contributed by atoms with Crippen molar-refractivity contribution in [1.82, 2.24) is 24.6 Å². The molecule has 4 aromatic rings. The standard InChI is InChI=1S/C21H21F2N7O2/c1-12(14-5-4-13(22)10-15(14)23)26-17-11-16(27-21(28-17)32-9-8-31-2)18-19(24)29-30-7-3-6-25-20(18)30/h3-7,10-12H,8-9H2,1-2H3,(H2,24,29)(H,26,27,28)/t12-/m0/s1. The molecule has 4 rings (SSSR count). The quantitative estimate of drug-likeness (QED) is 0.401. The highest BCUT2D eigenvalue weighted by Gasteiger charge is 2.19. The molecule has 0 aliphatic rings. The van der Waals surface area contributed by atoms with Crippen LogP contribution >= 0.6 is 0 Å². The number of hydrogen-bond acceptors (Lipinski definition) is 8. The summed E-state index contributed by atoms with van der Waals surface area (Å²) in [4.78, 5) is 13.1. The van der Waals surface area contributed by atoms with E-state index >= 15 is 0 Å². The van der Waals surface area contributed by atoms with Gasteiger partial charge in [-0.3, -0.25) is 0 Å². The maximum Gasteiger partial charge on any atom is 0.319 e. The fourth-order valence-corrected chi connectivity index (χ4v) is 3.21. The molecule has 0 unspecified atom stereocenters. The van der Waals surface area contributed by atoms with Crippen LogP contribution in [-0.2, 0) is 4.74 Å². The Morgan fingerprint density at radius 1 is 1.19 bits per heavy atom. The largest absolute Gasteiger partial charge is 0.461 e. The molecule has 0 spiro atoms. The number of nitrogens with two attached hydrogens (primary N) is 1. The van der Waals surface area contributed by atoms with Crippen LogP contribution in [0.5, 0.6) is 6.01 Å². The molecule has 0 aliphatic carbocycles. The lowest BCUT2D eigenvalue weighted by atomic mass is 10.1. The number of nitrogen functional groups attached to an aromatic ring is 1. The van der Waals surface area contributed by atoms with E-state index in [9.17, 15) is 8.78 Å². The number of anilines is 2. The van der Waals surface area contributed by atoms with Gasteiger partial charge in [-0.25, -0.2) is 18.3 Å². The SMILES string of the molecule is COCCOc1nc(N[C@@H](C)c2ccc(F)cc2F)cc(-c2c(N)nn3cccnc23)n1. The highest BCUT2D eigenvalue weighted by atomic mass is 19.1. The first-order valence-corrected chi connectivity index (χ1v) is 9.77. The first-order valence-electron chi connectivity index (χ1n) is 9.77. The van der Waals surface area contributed by atoms with E-state index in [0.717, 1.165) is 6.07 Å². The van der Waals surface area contributed by atoms with Crippen molar-refractivity contribution < 1.29 is 18.3 Å². The smallest absolute Gasteiger partial charge is 0.319 e. The summed E-state index contributed by atoms with van der Waals surface area (Å²) in [6.45, 7) is 2.30. The van der Waals surface area contributed by atoms with Crippen LogP contribution in [0, 0.1) is 11.6 Å². The third kappa shape index (κ3) is 4.42. The summed E-state index contributed by atoms with van der Waals surface area (Å²) >= 11 is 0. The number of methoxy groups -OCH3 is 1. The van der Waals surface area contributed by atoms with Crippen LogP contribution in [0.1, 0.15) is 18.5 Å². The Kier molecular flexibility index (Phi) is 6.08. The zero-order chi connectivity index (χ0) is 22.7. The van der Waals surface area contributed by atoms with E-state index in [-0.39, 0.29) is 24.0 Å². The second-order valence-corrected chi connectivity index (χ2v) is 6.94. The number of hydrogen-bond donors (Lipinski definition) is 2. The second-order valence-electron chi connectivity index (χ2n) is 6.94. The third-order valence-electron chi connectivity index (χ3n) is 4.70. The average molecular weight is 441 g/mol. The number of fused-ring (bicyclic) bond motifs is 1. The van der Waals surface area contributed by atoms with Crippen molar-refractivity contribution in [2.24, 2.45) is 0 Å². The molecule has 1 aromatic carbocycles. The monoisotopic (exact) mass is 441 g/mol. The van der Waals surface area contributed by atoms with Crippen LogP contribution in [0.3, 0.4) is 0 Å². The van der Waals surface area contributed by atoms with Gasteiger partial charge in [0.05, 0.1) is 23.9 Å². The fourth-order valence-electron chi connectivity index (χ4n) is 3.21. The first-order chi connectivity index (χ1) is 15.5. The van der Waals surface area contributed by atoms with E-state index in [2.05, 4.69) is 25.4 Å². The number of halogens is 2. The van der Waals surface area contributed by atoms with Gasteiger partial charge in [0.1, 0.15) is 24.1 Å². The highest BCUT2D eigenvalue weighted by Crippen LogP contribution is 2.31. The predicted molar refractivity (Wildman–Crippen MR) is 114 cm³/mol. The lowest BCUT2D eigenvalue weighted by Crippen LogP contribution is -2.12. The molecule has 9 nitrogen and oxygen atoms in total. The van der Waals surface area contributed by atoms with Crippen molar-refractivity contribution in [3.63, 3.8) is 0 Å². The minimum atomic E-state index is -0.660. The van der Waals surface area contributed by atoms with E-state index in [1.807, 2.05) is 0 Å². The third-order valence-corrected chi connectivity index (χ3v) is 4.70. The van der Waals surface area contributed by atoms with Gasteiger partial charge >= 0.3 is 6.01 Å². The van der Waals surface area contributed by atoms with Crippen LogP contribution < -0.4 is 15.8 Å². The van der Waals surface area contributed by atoms with Gasteiger partial charge in [0.15, 0.2) is 11.5 Å². The van der Waals surface area contributed by atoms with Gasteiger partial charge in [0, 0.05) is 37.2 Å². The van der Waals surface area contributed by atoms with Gasteiger partial charge in [-0.15, -0.1) is 5.10 Å². The zero-order valence-electron chi connectivity index (χ0n) is 17.4. The molecule has 166 valence electrons. The molecular formula is C21H21F2N7O2. The van der Waals surface area contributed by atoms with Gasteiger partial charge in [-0.2, -0.15) is 9.97 Å². The molecule has 32 heavy (non-hydrogen) atoms. The van der Waals surface area contributed by atoms with E-state index < -0.39 is 17.7 Å². The van der Waals surface area contributed by atoms with Gasteiger partial charge in [-0.05, 0) is 19.1 Å². The summed E-state index contributed by atoms with van der Waals surface area (Å²) in [6, 6.07) is 6.34. The number of nitrogens with one attached hydrogen (secondary N) is 1. The molecular weight excluding hydrogens is 420 g/mol. The number of nitrogens with zero attached hydrogens (tertiary/aromatic N) is 5. The van der Waals surface area contributed by atoms with Gasteiger partial charge in [-0.1, -0.05) is 6.07 Å². The van der Waals surface area contributed by atoms with Crippen LogP contribution in [0.25, 0.3) is 16.9 Å². The lowest BCUT2D eigenvalue weighted by Gasteiger charge is -2.17. The first kappa shape index (κ1) is 21.4. The summed E-state index contributed by atoms with van der Waals surface area (Å²) < 4.78 is 39.7. The van der Waals surface area contributed by atoms with Gasteiger partial charge < -0.3 is 20.5 Å². The summed E-state index contributed by atoms with van der Waals surface area (Å²) in [5.41, 5.74) is 7.86. The van der Waals surface area contributed by atoms with E-state index in [4.69, 9.17) is 15.2 Å². The number of benzene rings is 1. The zero-order valence-corrected chi connectivity index (χ0v) is 17.4. The summed E-state index contributed by atoms with van der Waals surface area (Å²) in [5, 5.41) is 7.36. The molecule has 0 fully saturated rings. The molecule has 3 aromatic heterocycles. The number of ether oxygens (including phenoxy) is 2. The molecule has 11 heteroatoms. The minimum Gasteiger partial charge on any atom is -0.461 e. The Morgan fingerprint density at radius 3 is 2.81 bits per heavy atom. The Balaban J connectivity index is 1.73. The Morgan fingerprint density at radius 2 is 2.03 bits per heavy atom. The number of aromatic nitrogens is 5. The second kappa shape index (κ2) is 9.10. The van der Waals surface area contributed by atoms with Crippen LogP contribution in [0.4, 0.5) is 20.4 Å². The van der Waals surface area contributed by atoms with Crippen LogP contribution in [-0.4, -0.2) is 44.9 Å². The normalized spacial score (nSPS) is 12.1. The fraction of sp³-hybridized carbons (Fsp3) is 0.238. The molecule has 0 bridgehead atoms. The number of rotatable bonds is 8. The van der Waals surface area contributed by atoms with Crippen molar-refractivity contribution in [2.75, 3.05) is 31.4 Å². The Hall–Kier alpha value is -3.86. The van der Waals surface area contributed by atoms with Gasteiger partial charge in [0.2, 0.25) is 0 Å². The topological polar surface area (TPSA) is 112 Å². The van der Waals surface area contributed by atoms with Crippen molar-refractivity contribution >= 4 is 17.3 Å². The maximum atomic E-state index is 14.2. The van der Waals surface area contributed by atoms with Crippen molar-refractivity contribution in [3.05, 3.63) is 59.9 Å². The van der Waals surface area contributed by atoms with E-state index in [0.29, 0.717) is 29.3 Å². The van der Waals surface area contributed by atoms with E-state index in [1.54, 1.807) is 43.1 Å². The summed E-state index contributed by atoms with van der Waals surface area (Å²) in [5.74, 6) is -0.721. The average Bonchev–Trinajstić information content (AvgIpc) is 3.09. The molecule has 0 saturated carbocycles. The van der Waals surface area contributed by atoms with Crippen molar-refractivity contribution in [2.45, 2.75) is 13.0 Å². The molecule has 0 radical (unpaired) electrons. The van der Waals surface area contributed by atoms with E-state index in [1.165, 1.54) is 12.1 Å². The summed E-state index contributed by atoms with van der Waals surface area (Å²) in [6.07, 6.45) is 3.34. The molecule has 0 saturated heterocycles. The minimum absolute atomic E-state index is 0.0727. The van der Waals surface area contributed by atoms with Crippen molar-refractivity contribution in [1.29, 1.82) is 0 Å². The molecule has 0 aliphatic heterocycles. The lowest BCUT2D eigenvalue weighted by molar-refractivity contribution is 0.141. The van der Waals surface area contributed by atoms with Crippen LogP contribution in [0.2, 0.25) is 0 Å². The molecule has 3 N–H and O–H groups in total. The molecule has 3 heterocycles. The summed E-state index contributed by atoms with van der Waals surface area (Å²) in [7, 11) is 1.55. The van der Waals surface area contributed by atoms with Crippen molar-refractivity contribution in [3.8, 4) is 17.3 Å². The molecule has 0 amide bonds. The van der Waals surface area contributed by atoms with Crippen LogP contribution in [0.15, 0.2) is 42.7 Å². The predicted octanol–water partition coefficient (Wildman–Crippen LogP) is 3.25. The Bertz CT molecular complexity index is 1250. The highest BCUT2D eigenvalue weighted by molar-refractivity contribution is 5.85. The Labute approximate surface area is 182 Å².